The summed E-state index contributed by atoms with van der Waals surface area (Å²) < 4.78 is 0. The molecule has 0 saturated carbocycles. The average molecular weight is 534 g/mol. The van der Waals surface area contributed by atoms with Crippen LogP contribution in [-0.2, 0) is 9.59 Å². The summed E-state index contributed by atoms with van der Waals surface area (Å²) in [4.78, 5) is 54.5. The predicted octanol–water partition coefficient (Wildman–Crippen LogP) is 5.57. The highest BCUT2D eigenvalue weighted by Crippen LogP contribution is 2.39. The molecule has 1 saturated heterocycles. The van der Waals surface area contributed by atoms with E-state index in [0.29, 0.717) is 22.9 Å². The lowest BCUT2D eigenvalue weighted by Gasteiger charge is -2.36. The summed E-state index contributed by atoms with van der Waals surface area (Å²) >= 11 is 18.0. The maximum absolute atomic E-state index is 13.8. The summed E-state index contributed by atoms with van der Waals surface area (Å²) in [6.45, 7) is 1.91. The van der Waals surface area contributed by atoms with Gasteiger partial charge in [-0.25, -0.2) is 5.01 Å². The minimum atomic E-state index is -1.18. The van der Waals surface area contributed by atoms with Crippen LogP contribution in [0.1, 0.15) is 46.9 Å². The van der Waals surface area contributed by atoms with Crippen molar-refractivity contribution in [2.45, 2.75) is 32.2 Å². The minimum absolute atomic E-state index is 0.0259. The number of fused-ring (bicyclic) bond motifs is 1. The van der Waals surface area contributed by atoms with Crippen molar-refractivity contribution >= 4 is 58.3 Å². The van der Waals surface area contributed by atoms with E-state index in [9.17, 15) is 19.2 Å². The second-order valence-corrected chi connectivity index (χ2v) is 9.96. The van der Waals surface area contributed by atoms with Crippen LogP contribution < -0.4 is 0 Å². The molecule has 9 heteroatoms. The van der Waals surface area contributed by atoms with E-state index in [1.165, 1.54) is 36.4 Å². The van der Waals surface area contributed by atoms with Crippen molar-refractivity contribution < 1.29 is 19.2 Å². The van der Waals surface area contributed by atoms with Gasteiger partial charge in [0.05, 0.1) is 11.8 Å². The molecule has 2 aromatic carbocycles. The summed E-state index contributed by atoms with van der Waals surface area (Å²) in [5.74, 6) is -3.21. The van der Waals surface area contributed by atoms with Crippen LogP contribution in [0.25, 0.3) is 0 Å². The van der Waals surface area contributed by atoms with E-state index in [-0.39, 0.29) is 23.4 Å². The van der Waals surface area contributed by atoms with Gasteiger partial charge in [0, 0.05) is 27.1 Å². The first kappa shape index (κ1) is 25.4. The Kier molecular flexibility index (Phi) is 7.64. The Bertz CT molecular complexity index is 1190. The van der Waals surface area contributed by atoms with E-state index in [4.69, 9.17) is 34.8 Å². The van der Waals surface area contributed by atoms with Crippen molar-refractivity contribution in [3.05, 3.63) is 81.4 Å². The number of nitrogens with zero attached hydrogens (tertiary/aromatic N) is 2. The number of hydrogen-bond donors (Lipinski definition) is 0. The van der Waals surface area contributed by atoms with Crippen LogP contribution in [0.3, 0.4) is 0 Å². The number of benzene rings is 2. The first-order valence-electron chi connectivity index (χ1n) is 11.2. The number of allylic oxidation sites excluding steroid dienone is 2. The summed E-state index contributed by atoms with van der Waals surface area (Å²) in [5, 5.41) is 2.75. The molecule has 0 radical (unpaired) electrons. The smallest absolute Gasteiger partial charge is 0.273 e. The molecule has 0 aromatic heterocycles. The van der Waals surface area contributed by atoms with Crippen LogP contribution in [0.2, 0.25) is 10.0 Å². The highest BCUT2D eigenvalue weighted by atomic mass is 35.5. The van der Waals surface area contributed by atoms with E-state index >= 15 is 0 Å². The van der Waals surface area contributed by atoms with E-state index in [1.807, 2.05) is 13.0 Å². The van der Waals surface area contributed by atoms with Crippen LogP contribution >= 0.6 is 34.8 Å². The summed E-state index contributed by atoms with van der Waals surface area (Å²) in [6, 6.07) is 11.1. The molecule has 6 nitrogen and oxygen atoms in total. The maximum Gasteiger partial charge on any atom is 0.273 e. The van der Waals surface area contributed by atoms with E-state index < -0.39 is 41.4 Å². The molecule has 3 amide bonds. The number of hydrazine groups is 1. The molecule has 1 aliphatic carbocycles. The summed E-state index contributed by atoms with van der Waals surface area (Å²) in [6.07, 6.45) is 2.81. The van der Waals surface area contributed by atoms with Gasteiger partial charge < -0.3 is 0 Å². The van der Waals surface area contributed by atoms with Crippen LogP contribution in [0, 0.1) is 11.8 Å². The minimum Gasteiger partial charge on any atom is -0.292 e. The molecule has 0 unspecified atom stereocenters. The Morgan fingerprint density at radius 3 is 2.06 bits per heavy atom. The molecule has 3 atom stereocenters. The van der Waals surface area contributed by atoms with E-state index in [1.54, 1.807) is 12.1 Å². The summed E-state index contributed by atoms with van der Waals surface area (Å²) in [5.41, 5.74) is 1.48. The Hall–Kier alpha value is -2.67. The lowest BCUT2D eigenvalue weighted by Crippen LogP contribution is -2.57. The van der Waals surface area contributed by atoms with Crippen LogP contribution in [0.5, 0.6) is 0 Å². The number of hydrogen-bond acceptors (Lipinski definition) is 4. The highest BCUT2D eigenvalue weighted by Gasteiger charge is 2.53. The van der Waals surface area contributed by atoms with Crippen molar-refractivity contribution in [3.8, 4) is 0 Å². The van der Waals surface area contributed by atoms with Gasteiger partial charge in [0.1, 0.15) is 6.04 Å². The van der Waals surface area contributed by atoms with Crippen LogP contribution in [-0.4, -0.2) is 45.4 Å². The van der Waals surface area contributed by atoms with Gasteiger partial charge in [-0.05, 0) is 74.7 Å². The van der Waals surface area contributed by atoms with Gasteiger partial charge in [0.15, 0.2) is 5.78 Å². The highest BCUT2D eigenvalue weighted by molar-refractivity contribution is 6.31. The van der Waals surface area contributed by atoms with Gasteiger partial charge >= 0.3 is 0 Å². The number of rotatable bonds is 7. The Morgan fingerprint density at radius 2 is 1.49 bits per heavy atom. The van der Waals surface area contributed by atoms with Crippen molar-refractivity contribution in [2.75, 3.05) is 5.88 Å². The van der Waals surface area contributed by atoms with E-state index in [0.717, 1.165) is 15.6 Å². The number of Topliss-reactive ketones (excluding diaryl/α,β-unsaturated/α-hetero) is 1. The fourth-order valence-corrected chi connectivity index (χ4v) is 5.06. The van der Waals surface area contributed by atoms with Gasteiger partial charge in [0.25, 0.3) is 17.7 Å². The lowest BCUT2D eigenvalue weighted by atomic mass is 9.82. The molecule has 35 heavy (non-hydrogen) atoms. The van der Waals surface area contributed by atoms with Gasteiger partial charge in [0.2, 0.25) is 0 Å². The summed E-state index contributed by atoms with van der Waals surface area (Å²) in [7, 11) is 0. The molecule has 2 aliphatic rings. The second kappa shape index (κ2) is 10.5. The van der Waals surface area contributed by atoms with Crippen molar-refractivity contribution in [2.24, 2.45) is 11.8 Å². The monoisotopic (exact) mass is 532 g/mol. The SMILES string of the molecule is CC1=CC[C@@H]2C(=O)N(N(C(=O)c3ccc(Cl)cc3)[C@@H](CCCl)C(=O)c3ccc(Cl)cc3)C(=O)[C@H]2C1. The zero-order chi connectivity index (χ0) is 25.3. The molecular formula is C26H23Cl3N2O4. The van der Waals surface area contributed by atoms with Gasteiger partial charge in [-0.3, -0.25) is 19.2 Å². The van der Waals surface area contributed by atoms with Crippen LogP contribution in [0.4, 0.5) is 0 Å². The molecule has 0 N–H and O–H groups in total. The topological polar surface area (TPSA) is 74.8 Å². The number of carbonyl (C=O) groups is 4. The van der Waals surface area contributed by atoms with Crippen molar-refractivity contribution in [1.29, 1.82) is 0 Å². The van der Waals surface area contributed by atoms with Gasteiger partial charge in [-0.2, -0.15) is 5.01 Å². The first-order chi connectivity index (χ1) is 16.7. The molecule has 1 heterocycles. The van der Waals surface area contributed by atoms with Crippen molar-refractivity contribution in [3.63, 3.8) is 0 Å². The fraction of sp³-hybridized carbons (Fsp3) is 0.308. The van der Waals surface area contributed by atoms with E-state index in [2.05, 4.69) is 0 Å². The zero-order valence-corrected chi connectivity index (χ0v) is 21.2. The molecule has 0 bridgehead atoms. The fourth-order valence-electron chi connectivity index (χ4n) is 4.60. The number of ketones is 1. The molecule has 0 spiro atoms. The molecule has 4 rings (SSSR count). The number of halogens is 3. The third-order valence-corrected chi connectivity index (χ3v) is 7.15. The number of alkyl halides is 1. The van der Waals surface area contributed by atoms with Crippen molar-refractivity contribution in [1.82, 2.24) is 10.0 Å². The second-order valence-electron chi connectivity index (χ2n) is 8.71. The molecule has 2 aromatic rings. The number of imide groups is 1. The average Bonchev–Trinajstić information content (AvgIpc) is 3.08. The first-order valence-corrected chi connectivity index (χ1v) is 12.5. The number of carbonyl (C=O) groups excluding carboxylic acids is 4. The number of amides is 3. The maximum atomic E-state index is 13.8. The lowest BCUT2D eigenvalue weighted by molar-refractivity contribution is -0.156. The molecule has 1 fully saturated rings. The Morgan fingerprint density at radius 1 is 0.943 bits per heavy atom. The molecular weight excluding hydrogens is 511 g/mol. The van der Waals surface area contributed by atoms with Gasteiger partial charge in [-0.15, -0.1) is 11.6 Å². The normalized spacial score (nSPS) is 20.3. The predicted molar refractivity (Wildman–Crippen MR) is 134 cm³/mol. The third kappa shape index (κ3) is 5.01. The Balaban J connectivity index is 1.80. The largest absolute Gasteiger partial charge is 0.292 e. The van der Waals surface area contributed by atoms with Crippen LogP contribution in [0.15, 0.2) is 60.2 Å². The van der Waals surface area contributed by atoms with Gasteiger partial charge in [-0.1, -0.05) is 34.9 Å². The Labute approximate surface area is 218 Å². The quantitative estimate of drug-likeness (QED) is 0.202. The molecule has 1 aliphatic heterocycles. The molecule has 182 valence electrons. The zero-order valence-electron chi connectivity index (χ0n) is 18.9. The third-order valence-electron chi connectivity index (χ3n) is 6.42. The standard InChI is InChI=1S/C26H23Cl3N2O4/c1-15-2-11-20-21(14-15)26(35)31(25(20)34)30(24(33)17-5-9-19(29)10-6-17)22(12-13-27)23(32)16-3-7-18(28)8-4-16/h2-10,20-22H,11-14H2,1H3/t20-,21-,22-/m0/s1.